The molecule has 1 atom stereocenters. The van der Waals surface area contributed by atoms with Crippen LogP contribution >= 0.6 is 0 Å². The van der Waals surface area contributed by atoms with E-state index in [2.05, 4.69) is 29.7 Å². The van der Waals surface area contributed by atoms with Crippen LogP contribution in [-0.4, -0.2) is 44.7 Å². The summed E-state index contributed by atoms with van der Waals surface area (Å²) in [6.45, 7) is 10.8. The zero-order chi connectivity index (χ0) is 23.7. The molecule has 1 fully saturated rings. The van der Waals surface area contributed by atoms with E-state index in [0.717, 1.165) is 55.7 Å². The molecule has 3 rings (SSSR count). The van der Waals surface area contributed by atoms with Crippen molar-refractivity contribution in [2.45, 2.75) is 71.6 Å². The lowest BCUT2D eigenvalue weighted by Gasteiger charge is -2.43. The molecule has 32 heavy (non-hydrogen) atoms. The molecule has 6 nitrogen and oxygen atoms in total. The number of aldehydes is 1. The number of amides is 1. The van der Waals surface area contributed by atoms with Crippen molar-refractivity contribution in [2.24, 2.45) is 11.8 Å². The molecule has 1 unspecified atom stereocenters. The number of benzene rings is 1. The van der Waals surface area contributed by atoms with Gasteiger partial charge in [0.25, 0.3) is 0 Å². The Labute approximate surface area is 192 Å². The Balaban J connectivity index is 0.000000309. The number of rotatable bonds is 7. The Hall–Kier alpha value is -2.21. The number of ether oxygens (including phenoxy) is 1. The van der Waals surface area contributed by atoms with Gasteiger partial charge in [-0.2, -0.15) is 0 Å². The molecular weight excluding hydrogens is 404 g/mol. The van der Waals surface area contributed by atoms with Crippen LogP contribution in [0, 0.1) is 11.8 Å². The maximum Gasteiger partial charge on any atom is 0.219 e. The first-order chi connectivity index (χ1) is 15.3. The van der Waals surface area contributed by atoms with Crippen LogP contribution in [0.4, 0.5) is 0 Å². The lowest BCUT2D eigenvalue weighted by atomic mass is 9.68. The summed E-state index contributed by atoms with van der Waals surface area (Å²) in [5.74, 6) is 1.26. The maximum atomic E-state index is 12.5. The third kappa shape index (κ3) is 6.18. The van der Waals surface area contributed by atoms with E-state index in [1.807, 2.05) is 13.8 Å². The van der Waals surface area contributed by atoms with Crippen LogP contribution in [0.5, 0.6) is 5.75 Å². The van der Waals surface area contributed by atoms with E-state index in [0.29, 0.717) is 12.8 Å². The fraction of sp³-hybridized carbons (Fsp3) is 0.654. The van der Waals surface area contributed by atoms with Gasteiger partial charge in [-0.25, -0.2) is 0 Å². The predicted octanol–water partition coefficient (Wildman–Crippen LogP) is 3.84. The lowest BCUT2D eigenvalue weighted by Crippen LogP contribution is -2.43. The number of piperidine rings is 1. The van der Waals surface area contributed by atoms with Gasteiger partial charge in [0.1, 0.15) is 12.0 Å². The molecule has 1 aromatic carbocycles. The first-order valence-corrected chi connectivity index (χ1v) is 12.0. The molecule has 2 heterocycles. The zero-order valence-electron chi connectivity index (χ0n) is 20.4. The number of carbonyl (C=O) groups excluding carboxylic acids is 3. The van der Waals surface area contributed by atoms with Gasteiger partial charge in [0.2, 0.25) is 5.91 Å². The molecule has 2 aliphatic heterocycles. The molecule has 178 valence electrons. The van der Waals surface area contributed by atoms with Crippen LogP contribution in [0.25, 0.3) is 0 Å². The SMILES string of the molecule is CCc1c(C(=O)C(C)C)ccc2c1OCCC21CCNCC1.CNC(=O)CCC(C)C=O. The van der Waals surface area contributed by atoms with Crippen molar-refractivity contribution >= 4 is 18.0 Å². The highest BCUT2D eigenvalue weighted by Crippen LogP contribution is 2.47. The Morgan fingerprint density at radius 2 is 1.88 bits per heavy atom. The number of ketones is 1. The highest BCUT2D eigenvalue weighted by Gasteiger charge is 2.40. The Bertz CT molecular complexity index is 797. The summed E-state index contributed by atoms with van der Waals surface area (Å²) >= 11 is 0. The topological polar surface area (TPSA) is 84.5 Å². The summed E-state index contributed by atoms with van der Waals surface area (Å²) in [7, 11) is 1.59. The molecule has 0 aromatic heterocycles. The van der Waals surface area contributed by atoms with Crippen LogP contribution < -0.4 is 15.4 Å². The molecule has 1 amide bonds. The summed E-state index contributed by atoms with van der Waals surface area (Å²) in [5, 5.41) is 5.95. The molecular formula is C26H40N2O4. The van der Waals surface area contributed by atoms with Crippen molar-refractivity contribution in [1.29, 1.82) is 0 Å². The molecule has 1 aromatic rings. The fourth-order valence-corrected chi connectivity index (χ4v) is 4.56. The minimum Gasteiger partial charge on any atom is -0.493 e. The largest absolute Gasteiger partial charge is 0.493 e. The van der Waals surface area contributed by atoms with Gasteiger partial charge in [-0.05, 0) is 45.2 Å². The van der Waals surface area contributed by atoms with Gasteiger partial charge in [0, 0.05) is 47.4 Å². The third-order valence-electron chi connectivity index (χ3n) is 6.70. The van der Waals surface area contributed by atoms with E-state index >= 15 is 0 Å². The monoisotopic (exact) mass is 444 g/mol. The van der Waals surface area contributed by atoms with Gasteiger partial charge in [0.05, 0.1) is 6.61 Å². The van der Waals surface area contributed by atoms with E-state index in [1.54, 1.807) is 14.0 Å². The van der Waals surface area contributed by atoms with Crippen LogP contribution in [0.15, 0.2) is 12.1 Å². The molecule has 2 aliphatic rings. The normalized spacial score (nSPS) is 17.4. The van der Waals surface area contributed by atoms with Gasteiger partial charge >= 0.3 is 0 Å². The van der Waals surface area contributed by atoms with Crippen LogP contribution in [0.3, 0.4) is 0 Å². The second-order valence-corrected chi connectivity index (χ2v) is 9.29. The van der Waals surface area contributed by atoms with E-state index in [1.165, 1.54) is 18.4 Å². The summed E-state index contributed by atoms with van der Waals surface area (Å²) in [6.07, 6.45) is 6.24. The van der Waals surface area contributed by atoms with Crippen molar-refractivity contribution in [3.05, 3.63) is 28.8 Å². The fourth-order valence-electron chi connectivity index (χ4n) is 4.56. The second kappa shape index (κ2) is 12.1. The first kappa shape index (κ1) is 26.0. The highest BCUT2D eigenvalue weighted by atomic mass is 16.5. The first-order valence-electron chi connectivity index (χ1n) is 12.0. The van der Waals surface area contributed by atoms with Crippen molar-refractivity contribution in [3.63, 3.8) is 0 Å². The summed E-state index contributed by atoms with van der Waals surface area (Å²) in [4.78, 5) is 33.2. The predicted molar refractivity (Wildman–Crippen MR) is 127 cm³/mol. The number of carbonyl (C=O) groups is 3. The van der Waals surface area contributed by atoms with Crippen molar-refractivity contribution in [1.82, 2.24) is 10.6 Å². The van der Waals surface area contributed by atoms with Crippen LogP contribution in [0.1, 0.15) is 81.3 Å². The Morgan fingerprint density at radius 1 is 1.19 bits per heavy atom. The van der Waals surface area contributed by atoms with Gasteiger partial charge in [-0.3, -0.25) is 9.59 Å². The number of hydrogen-bond donors (Lipinski definition) is 2. The molecule has 1 saturated heterocycles. The van der Waals surface area contributed by atoms with Crippen molar-refractivity contribution in [3.8, 4) is 5.75 Å². The smallest absolute Gasteiger partial charge is 0.219 e. The molecule has 0 saturated carbocycles. The number of hydrogen-bond acceptors (Lipinski definition) is 5. The highest BCUT2D eigenvalue weighted by molar-refractivity contribution is 5.99. The van der Waals surface area contributed by atoms with E-state index in [-0.39, 0.29) is 28.9 Å². The van der Waals surface area contributed by atoms with E-state index in [9.17, 15) is 14.4 Å². The Morgan fingerprint density at radius 3 is 2.44 bits per heavy atom. The minimum absolute atomic E-state index is 0.00250. The minimum atomic E-state index is -0.00583. The molecule has 0 bridgehead atoms. The van der Waals surface area contributed by atoms with Gasteiger partial charge in [-0.15, -0.1) is 0 Å². The Kier molecular flexibility index (Phi) is 9.88. The van der Waals surface area contributed by atoms with E-state index in [4.69, 9.17) is 4.74 Å². The summed E-state index contributed by atoms with van der Waals surface area (Å²) in [5.41, 5.74) is 3.58. The summed E-state index contributed by atoms with van der Waals surface area (Å²) < 4.78 is 6.07. The quantitative estimate of drug-likeness (QED) is 0.493. The zero-order valence-corrected chi connectivity index (χ0v) is 20.4. The average Bonchev–Trinajstić information content (AvgIpc) is 2.82. The molecule has 1 spiro atoms. The maximum absolute atomic E-state index is 12.5. The standard InChI is InChI=1S/C19H27NO2.C7H13NO2/c1-4-14-15(17(21)13(2)3)5-6-16-18(14)22-12-9-19(16)7-10-20-11-8-19;1-6(5-9)3-4-7(10)8-2/h5-6,13,20H,4,7-12H2,1-3H3;5-6H,3-4H2,1-2H3,(H,8,10). The lowest BCUT2D eigenvalue weighted by molar-refractivity contribution is -0.121. The molecule has 0 radical (unpaired) electrons. The van der Waals surface area contributed by atoms with Gasteiger partial charge in [0.15, 0.2) is 5.78 Å². The van der Waals surface area contributed by atoms with Crippen molar-refractivity contribution < 1.29 is 19.1 Å². The second-order valence-electron chi connectivity index (χ2n) is 9.29. The van der Waals surface area contributed by atoms with Crippen LogP contribution in [-0.2, 0) is 21.4 Å². The number of Topliss-reactive ketones (excluding diaryl/α,β-unsaturated/α-hetero) is 1. The molecule has 0 aliphatic carbocycles. The average molecular weight is 445 g/mol. The van der Waals surface area contributed by atoms with Gasteiger partial charge in [-0.1, -0.05) is 39.8 Å². The number of nitrogens with one attached hydrogen (secondary N) is 2. The number of fused-ring (bicyclic) bond motifs is 2. The van der Waals surface area contributed by atoms with Crippen molar-refractivity contribution in [2.75, 3.05) is 26.7 Å². The van der Waals surface area contributed by atoms with Crippen LogP contribution in [0.2, 0.25) is 0 Å². The molecule has 6 heteroatoms. The summed E-state index contributed by atoms with van der Waals surface area (Å²) in [6, 6.07) is 4.23. The van der Waals surface area contributed by atoms with E-state index < -0.39 is 0 Å². The molecule has 2 N–H and O–H groups in total. The third-order valence-corrected chi connectivity index (χ3v) is 6.70. The van der Waals surface area contributed by atoms with Gasteiger partial charge < -0.3 is 20.2 Å².